The number of nitrogens with one attached hydrogen (secondary N) is 1. The van der Waals surface area contributed by atoms with Gasteiger partial charge >= 0.3 is 0 Å². The van der Waals surface area contributed by atoms with Crippen LogP contribution < -0.4 is 5.32 Å². The van der Waals surface area contributed by atoms with Gasteiger partial charge in [-0.15, -0.1) is 0 Å². The van der Waals surface area contributed by atoms with Crippen molar-refractivity contribution in [2.45, 2.75) is 25.5 Å². The minimum absolute atomic E-state index is 0.0528. The standard InChI is InChI=1S/C15H21ClN2O2/c1-17-13-6-4-8-18(9-13)15(19)11-20-10-12-5-2-3-7-14(12)16/h2-3,5,7,13,17H,4,6,8-11H2,1H3. The molecule has 0 saturated carbocycles. The maximum atomic E-state index is 12.1. The molecule has 0 aliphatic carbocycles. The van der Waals surface area contributed by atoms with Crippen LogP contribution in [0.15, 0.2) is 24.3 Å². The largest absolute Gasteiger partial charge is 0.367 e. The molecule has 1 aliphatic heterocycles. The lowest BCUT2D eigenvalue weighted by Crippen LogP contribution is -2.48. The lowest BCUT2D eigenvalue weighted by atomic mass is 10.1. The average Bonchev–Trinajstić information content (AvgIpc) is 2.49. The number of hydrogen-bond donors (Lipinski definition) is 1. The van der Waals surface area contributed by atoms with Crippen LogP contribution >= 0.6 is 11.6 Å². The monoisotopic (exact) mass is 296 g/mol. The molecule has 0 bridgehead atoms. The molecule has 1 fully saturated rings. The van der Waals surface area contributed by atoms with Gasteiger partial charge in [0.1, 0.15) is 6.61 Å². The fraction of sp³-hybridized carbons (Fsp3) is 0.533. The molecule has 1 aliphatic rings. The van der Waals surface area contributed by atoms with Crippen molar-refractivity contribution >= 4 is 17.5 Å². The number of rotatable bonds is 5. The fourth-order valence-corrected chi connectivity index (χ4v) is 2.58. The van der Waals surface area contributed by atoms with E-state index in [-0.39, 0.29) is 12.5 Å². The number of carbonyl (C=O) groups excluding carboxylic acids is 1. The summed E-state index contributed by atoms with van der Waals surface area (Å²) < 4.78 is 5.49. The Morgan fingerprint density at radius 3 is 3.05 bits per heavy atom. The van der Waals surface area contributed by atoms with E-state index < -0.39 is 0 Å². The summed E-state index contributed by atoms with van der Waals surface area (Å²) in [6, 6.07) is 7.92. The Morgan fingerprint density at radius 1 is 1.50 bits per heavy atom. The smallest absolute Gasteiger partial charge is 0.248 e. The molecule has 2 rings (SSSR count). The normalized spacial score (nSPS) is 19.1. The van der Waals surface area contributed by atoms with Gasteiger partial charge in [-0.25, -0.2) is 0 Å². The Morgan fingerprint density at radius 2 is 2.30 bits per heavy atom. The van der Waals surface area contributed by atoms with Crippen molar-refractivity contribution in [3.63, 3.8) is 0 Å². The highest BCUT2D eigenvalue weighted by Gasteiger charge is 2.22. The number of ether oxygens (including phenoxy) is 1. The van der Waals surface area contributed by atoms with Crippen LogP contribution in [-0.4, -0.2) is 43.6 Å². The molecule has 1 saturated heterocycles. The fourth-order valence-electron chi connectivity index (χ4n) is 2.39. The number of carbonyl (C=O) groups is 1. The van der Waals surface area contributed by atoms with E-state index >= 15 is 0 Å². The predicted octanol–water partition coefficient (Wildman–Crippen LogP) is 2.07. The van der Waals surface area contributed by atoms with Crippen LogP contribution in [0.2, 0.25) is 5.02 Å². The SMILES string of the molecule is CNC1CCCN(C(=O)COCc2ccccc2Cl)C1. The van der Waals surface area contributed by atoms with Gasteiger partial charge in [0.05, 0.1) is 6.61 Å². The van der Waals surface area contributed by atoms with E-state index in [9.17, 15) is 4.79 Å². The van der Waals surface area contributed by atoms with Gasteiger partial charge in [-0.2, -0.15) is 0 Å². The van der Waals surface area contributed by atoms with Crippen LogP contribution in [0.4, 0.5) is 0 Å². The first-order valence-corrected chi connectivity index (χ1v) is 7.34. The molecular weight excluding hydrogens is 276 g/mol. The quantitative estimate of drug-likeness (QED) is 0.904. The van der Waals surface area contributed by atoms with E-state index in [4.69, 9.17) is 16.3 Å². The molecule has 0 aromatic heterocycles. The minimum atomic E-state index is 0.0528. The van der Waals surface area contributed by atoms with Gasteiger partial charge in [-0.1, -0.05) is 29.8 Å². The van der Waals surface area contributed by atoms with Crippen LogP contribution in [-0.2, 0) is 16.1 Å². The molecule has 1 heterocycles. The second kappa shape index (κ2) is 7.62. The highest BCUT2D eigenvalue weighted by Crippen LogP contribution is 2.16. The number of amides is 1. The van der Waals surface area contributed by atoms with Crippen LogP contribution in [0.1, 0.15) is 18.4 Å². The second-order valence-corrected chi connectivity index (χ2v) is 5.46. The van der Waals surface area contributed by atoms with Gasteiger partial charge < -0.3 is 15.0 Å². The molecule has 1 amide bonds. The van der Waals surface area contributed by atoms with E-state index in [1.165, 1.54) is 0 Å². The summed E-state index contributed by atoms with van der Waals surface area (Å²) in [6.45, 7) is 2.08. The Bertz CT molecular complexity index is 453. The number of likely N-dealkylation sites (tertiary alicyclic amines) is 1. The Balaban J connectivity index is 1.76. The number of benzene rings is 1. The first-order valence-electron chi connectivity index (χ1n) is 6.97. The van der Waals surface area contributed by atoms with Gasteiger partial charge in [-0.3, -0.25) is 4.79 Å². The van der Waals surface area contributed by atoms with Crippen molar-refractivity contribution in [2.75, 3.05) is 26.7 Å². The molecule has 1 N–H and O–H groups in total. The summed E-state index contributed by atoms with van der Waals surface area (Å²) in [5, 5.41) is 3.90. The summed E-state index contributed by atoms with van der Waals surface area (Å²) in [6.07, 6.45) is 2.17. The third kappa shape index (κ3) is 4.20. The maximum absolute atomic E-state index is 12.1. The molecule has 110 valence electrons. The lowest BCUT2D eigenvalue weighted by Gasteiger charge is -2.32. The molecule has 0 spiro atoms. The Labute approximate surface area is 125 Å². The molecule has 20 heavy (non-hydrogen) atoms. The second-order valence-electron chi connectivity index (χ2n) is 5.05. The zero-order chi connectivity index (χ0) is 14.4. The van der Waals surface area contributed by atoms with Crippen LogP contribution in [0, 0.1) is 0 Å². The van der Waals surface area contributed by atoms with Crippen LogP contribution in [0.25, 0.3) is 0 Å². The highest BCUT2D eigenvalue weighted by atomic mass is 35.5. The van der Waals surface area contributed by atoms with Gasteiger partial charge in [0.15, 0.2) is 0 Å². The van der Waals surface area contributed by atoms with Crippen molar-refractivity contribution in [2.24, 2.45) is 0 Å². The highest BCUT2D eigenvalue weighted by molar-refractivity contribution is 6.31. The minimum Gasteiger partial charge on any atom is -0.367 e. The van der Waals surface area contributed by atoms with E-state index in [0.717, 1.165) is 31.5 Å². The maximum Gasteiger partial charge on any atom is 0.248 e. The Hall–Kier alpha value is -1.10. The van der Waals surface area contributed by atoms with Crippen molar-refractivity contribution < 1.29 is 9.53 Å². The third-order valence-corrected chi connectivity index (χ3v) is 3.99. The molecule has 1 unspecified atom stereocenters. The molecule has 1 aromatic rings. The summed E-state index contributed by atoms with van der Waals surface area (Å²) in [5.41, 5.74) is 0.911. The predicted molar refractivity (Wildman–Crippen MR) is 79.8 cm³/mol. The van der Waals surface area contributed by atoms with Crippen LogP contribution in [0.5, 0.6) is 0 Å². The zero-order valence-corrected chi connectivity index (χ0v) is 12.5. The van der Waals surface area contributed by atoms with E-state index in [2.05, 4.69) is 5.32 Å². The van der Waals surface area contributed by atoms with E-state index in [1.807, 2.05) is 36.2 Å². The molecule has 1 atom stereocenters. The van der Waals surface area contributed by atoms with E-state index in [1.54, 1.807) is 0 Å². The summed E-state index contributed by atoms with van der Waals surface area (Å²) in [7, 11) is 1.94. The number of piperidine rings is 1. The summed E-state index contributed by atoms with van der Waals surface area (Å²) in [5.74, 6) is 0.0528. The third-order valence-electron chi connectivity index (χ3n) is 3.62. The first-order chi connectivity index (χ1) is 9.70. The lowest BCUT2D eigenvalue weighted by molar-refractivity contribution is -0.137. The number of nitrogens with zero attached hydrogens (tertiary/aromatic N) is 1. The van der Waals surface area contributed by atoms with Crippen molar-refractivity contribution in [1.29, 1.82) is 0 Å². The molecule has 0 radical (unpaired) electrons. The molecular formula is C15H21ClN2O2. The first kappa shape index (κ1) is 15.3. The van der Waals surface area contributed by atoms with Gasteiger partial charge in [0.25, 0.3) is 0 Å². The van der Waals surface area contributed by atoms with E-state index in [0.29, 0.717) is 17.7 Å². The summed E-state index contributed by atoms with van der Waals surface area (Å²) >= 11 is 6.04. The number of hydrogen-bond acceptors (Lipinski definition) is 3. The molecule has 5 heteroatoms. The zero-order valence-electron chi connectivity index (χ0n) is 11.8. The Kier molecular flexibility index (Phi) is 5.83. The topological polar surface area (TPSA) is 41.6 Å². The van der Waals surface area contributed by atoms with Gasteiger partial charge in [-0.05, 0) is 31.5 Å². The van der Waals surface area contributed by atoms with Crippen molar-refractivity contribution in [3.05, 3.63) is 34.9 Å². The van der Waals surface area contributed by atoms with Crippen molar-refractivity contribution in [1.82, 2.24) is 10.2 Å². The number of likely N-dealkylation sites (N-methyl/N-ethyl adjacent to an activating group) is 1. The number of halogens is 1. The summed E-state index contributed by atoms with van der Waals surface area (Å²) in [4.78, 5) is 13.9. The molecule has 4 nitrogen and oxygen atoms in total. The van der Waals surface area contributed by atoms with Gasteiger partial charge in [0.2, 0.25) is 5.91 Å². The van der Waals surface area contributed by atoms with Gasteiger partial charge in [0, 0.05) is 24.2 Å². The van der Waals surface area contributed by atoms with Crippen molar-refractivity contribution in [3.8, 4) is 0 Å². The van der Waals surface area contributed by atoms with Crippen LogP contribution in [0.3, 0.4) is 0 Å². The molecule has 1 aromatic carbocycles. The average molecular weight is 297 g/mol.